The summed E-state index contributed by atoms with van der Waals surface area (Å²) in [6.45, 7) is 9.62. The summed E-state index contributed by atoms with van der Waals surface area (Å²) < 4.78 is 1.17. The Morgan fingerprint density at radius 3 is 2.45 bits per heavy atom. The van der Waals surface area contributed by atoms with Gasteiger partial charge in [-0.25, -0.2) is 0 Å². The van der Waals surface area contributed by atoms with Crippen LogP contribution in [0.25, 0.3) is 10.1 Å². The maximum Gasteiger partial charge on any atom is 0.252 e. The standard InChI is InChI=1S/C17H23NOS/c1-11(2)14(12(3)4)9-18-17(19)15-10-20-16-8-6-5-7-13(15)16/h5-8,10-12,14H,9H2,1-4H3,(H,18,19). The molecule has 0 aliphatic rings. The minimum atomic E-state index is 0.0498. The number of hydrogen-bond donors (Lipinski definition) is 1. The molecule has 0 saturated carbocycles. The average Bonchev–Trinajstić information content (AvgIpc) is 2.81. The van der Waals surface area contributed by atoms with E-state index < -0.39 is 0 Å². The summed E-state index contributed by atoms with van der Waals surface area (Å²) in [4.78, 5) is 12.4. The van der Waals surface area contributed by atoms with Crippen molar-refractivity contribution in [2.45, 2.75) is 27.7 Å². The topological polar surface area (TPSA) is 29.1 Å². The summed E-state index contributed by atoms with van der Waals surface area (Å²) in [7, 11) is 0. The number of carbonyl (C=O) groups excluding carboxylic acids is 1. The van der Waals surface area contributed by atoms with Crippen LogP contribution >= 0.6 is 11.3 Å². The second-order valence-corrected chi connectivity index (χ2v) is 6.92. The largest absolute Gasteiger partial charge is 0.352 e. The van der Waals surface area contributed by atoms with Gasteiger partial charge in [-0.05, 0) is 23.8 Å². The summed E-state index contributed by atoms with van der Waals surface area (Å²) in [5, 5.41) is 6.12. The molecular formula is C17H23NOS. The van der Waals surface area contributed by atoms with E-state index in [4.69, 9.17) is 0 Å². The highest BCUT2D eigenvalue weighted by molar-refractivity contribution is 7.17. The van der Waals surface area contributed by atoms with Crippen molar-refractivity contribution in [2.24, 2.45) is 17.8 Å². The molecule has 1 heterocycles. The van der Waals surface area contributed by atoms with Crippen LogP contribution in [0.3, 0.4) is 0 Å². The molecule has 1 N–H and O–H groups in total. The van der Waals surface area contributed by atoms with Crippen LogP contribution in [0.15, 0.2) is 29.6 Å². The van der Waals surface area contributed by atoms with E-state index >= 15 is 0 Å². The third-order valence-corrected chi connectivity index (χ3v) is 4.90. The van der Waals surface area contributed by atoms with Gasteiger partial charge < -0.3 is 5.32 Å². The Hall–Kier alpha value is -1.35. The van der Waals surface area contributed by atoms with Crippen LogP contribution in [0.1, 0.15) is 38.1 Å². The van der Waals surface area contributed by atoms with Gasteiger partial charge in [0.25, 0.3) is 5.91 Å². The van der Waals surface area contributed by atoms with E-state index in [9.17, 15) is 4.79 Å². The van der Waals surface area contributed by atoms with E-state index in [1.165, 1.54) is 4.70 Å². The van der Waals surface area contributed by atoms with Gasteiger partial charge in [-0.2, -0.15) is 0 Å². The number of nitrogens with one attached hydrogen (secondary N) is 1. The quantitative estimate of drug-likeness (QED) is 0.859. The Bertz CT molecular complexity index is 577. The molecule has 0 aliphatic carbocycles. The van der Waals surface area contributed by atoms with Crippen LogP contribution in [-0.4, -0.2) is 12.5 Å². The van der Waals surface area contributed by atoms with E-state index in [1.807, 2.05) is 23.6 Å². The zero-order chi connectivity index (χ0) is 14.7. The van der Waals surface area contributed by atoms with Gasteiger partial charge in [0.05, 0.1) is 5.56 Å². The lowest BCUT2D eigenvalue weighted by molar-refractivity contribution is 0.0939. The molecule has 1 aromatic carbocycles. The second kappa shape index (κ2) is 6.40. The highest BCUT2D eigenvalue weighted by Crippen LogP contribution is 2.26. The fourth-order valence-corrected chi connectivity index (χ4v) is 3.64. The molecular weight excluding hydrogens is 266 g/mol. The van der Waals surface area contributed by atoms with Crippen LogP contribution < -0.4 is 5.32 Å². The summed E-state index contributed by atoms with van der Waals surface area (Å²) in [6.07, 6.45) is 0. The SMILES string of the molecule is CC(C)C(CNC(=O)c1csc2ccccc12)C(C)C. The highest BCUT2D eigenvalue weighted by Gasteiger charge is 2.19. The summed E-state index contributed by atoms with van der Waals surface area (Å²) in [6, 6.07) is 8.07. The van der Waals surface area contributed by atoms with Gasteiger partial charge in [0.1, 0.15) is 0 Å². The van der Waals surface area contributed by atoms with Gasteiger partial charge in [-0.1, -0.05) is 45.9 Å². The van der Waals surface area contributed by atoms with Crippen molar-refractivity contribution in [2.75, 3.05) is 6.54 Å². The van der Waals surface area contributed by atoms with Crippen molar-refractivity contribution in [3.8, 4) is 0 Å². The van der Waals surface area contributed by atoms with Crippen molar-refractivity contribution >= 4 is 27.3 Å². The molecule has 0 aliphatic heterocycles. The Morgan fingerprint density at radius 1 is 1.15 bits per heavy atom. The average molecular weight is 289 g/mol. The smallest absolute Gasteiger partial charge is 0.252 e. The second-order valence-electron chi connectivity index (χ2n) is 6.01. The summed E-state index contributed by atoms with van der Waals surface area (Å²) in [5.41, 5.74) is 0.803. The first kappa shape index (κ1) is 15.0. The zero-order valence-electron chi connectivity index (χ0n) is 12.6. The number of fused-ring (bicyclic) bond motifs is 1. The molecule has 20 heavy (non-hydrogen) atoms. The van der Waals surface area contributed by atoms with Gasteiger partial charge in [0.2, 0.25) is 0 Å². The fraction of sp³-hybridized carbons (Fsp3) is 0.471. The van der Waals surface area contributed by atoms with Crippen molar-refractivity contribution in [1.82, 2.24) is 5.32 Å². The molecule has 1 amide bonds. The van der Waals surface area contributed by atoms with E-state index in [0.717, 1.165) is 17.5 Å². The van der Waals surface area contributed by atoms with Gasteiger partial charge in [-0.15, -0.1) is 11.3 Å². The Balaban J connectivity index is 2.09. The van der Waals surface area contributed by atoms with Crippen LogP contribution in [0.4, 0.5) is 0 Å². The van der Waals surface area contributed by atoms with Gasteiger partial charge in [-0.3, -0.25) is 4.79 Å². The molecule has 3 heteroatoms. The molecule has 0 fully saturated rings. The molecule has 0 spiro atoms. The lowest BCUT2D eigenvalue weighted by Gasteiger charge is -2.25. The van der Waals surface area contributed by atoms with Gasteiger partial charge >= 0.3 is 0 Å². The van der Waals surface area contributed by atoms with Gasteiger partial charge in [0, 0.05) is 22.0 Å². The molecule has 2 nitrogen and oxygen atoms in total. The van der Waals surface area contributed by atoms with Crippen LogP contribution in [0, 0.1) is 17.8 Å². The van der Waals surface area contributed by atoms with Crippen molar-refractivity contribution in [3.05, 3.63) is 35.2 Å². The van der Waals surface area contributed by atoms with Crippen molar-refractivity contribution < 1.29 is 4.79 Å². The predicted molar refractivity (Wildman–Crippen MR) is 87.3 cm³/mol. The molecule has 0 saturated heterocycles. The normalized spacial score (nSPS) is 11.8. The Labute approximate surface area is 125 Å². The van der Waals surface area contributed by atoms with Crippen LogP contribution in [0.5, 0.6) is 0 Å². The predicted octanol–water partition coefficient (Wildman–Crippen LogP) is 4.56. The van der Waals surface area contributed by atoms with Crippen molar-refractivity contribution in [3.63, 3.8) is 0 Å². The lowest BCUT2D eigenvalue weighted by Crippen LogP contribution is -2.33. The molecule has 0 atom stereocenters. The van der Waals surface area contributed by atoms with Gasteiger partial charge in [0.15, 0.2) is 0 Å². The molecule has 0 radical (unpaired) electrons. The summed E-state index contributed by atoms with van der Waals surface area (Å²) >= 11 is 1.63. The molecule has 1 aromatic heterocycles. The fourth-order valence-electron chi connectivity index (χ4n) is 2.70. The van der Waals surface area contributed by atoms with Crippen LogP contribution in [-0.2, 0) is 0 Å². The molecule has 2 aromatic rings. The van der Waals surface area contributed by atoms with E-state index in [-0.39, 0.29) is 5.91 Å². The third-order valence-electron chi connectivity index (χ3n) is 3.94. The monoisotopic (exact) mass is 289 g/mol. The number of benzene rings is 1. The third kappa shape index (κ3) is 3.21. The Kier molecular flexibility index (Phi) is 4.81. The maximum absolute atomic E-state index is 12.4. The first-order chi connectivity index (χ1) is 9.50. The zero-order valence-corrected chi connectivity index (χ0v) is 13.5. The number of hydrogen-bond acceptors (Lipinski definition) is 2. The van der Waals surface area contributed by atoms with Crippen molar-refractivity contribution in [1.29, 1.82) is 0 Å². The number of thiophene rings is 1. The highest BCUT2D eigenvalue weighted by atomic mass is 32.1. The number of carbonyl (C=O) groups is 1. The maximum atomic E-state index is 12.4. The lowest BCUT2D eigenvalue weighted by atomic mass is 9.85. The van der Waals surface area contributed by atoms with Crippen LogP contribution in [0.2, 0.25) is 0 Å². The molecule has 0 bridgehead atoms. The number of rotatable bonds is 5. The molecule has 0 unspecified atom stereocenters. The number of amides is 1. The first-order valence-corrected chi connectivity index (χ1v) is 8.13. The van der Waals surface area contributed by atoms with E-state index in [1.54, 1.807) is 11.3 Å². The Morgan fingerprint density at radius 2 is 1.80 bits per heavy atom. The first-order valence-electron chi connectivity index (χ1n) is 7.25. The minimum Gasteiger partial charge on any atom is -0.352 e. The van der Waals surface area contributed by atoms with E-state index in [0.29, 0.717) is 17.8 Å². The minimum absolute atomic E-state index is 0.0498. The molecule has 2 rings (SSSR count). The molecule has 108 valence electrons. The summed E-state index contributed by atoms with van der Waals surface area (Å²) in [5.74, 6) is 1.72. The van der Waals surface area contributed by atoms with E-state index in [2.05, 4.69) is 39.1 Å².